The lowest BCUT2D eigenvalue weighted by Crippen LogP contribution is -2.33. The predicted octanol–water partition coefficient (Wildman–Crippen LogP) is 3.53. The summed E-state index contributed by atoms with van der Waals surface area (Å²) in [6, 6.07) is 15.2. The number of hydrogen-bond acceptors (Lipinski definition) is 3. The van der Waals surface area contributed by atoms with Gasteiger partial charge in [-0.05, 0) is 35.7 Å². The fourth-order valence-electron chi connectivity index (χ4n) is 1.86. The van der Waals surface area contributed by atoms with E-state index in [0.29, 0.717) is 5.69 Å². The van der Waals surface area contributed by atoms with E-state index in [2.05, 4.69) is 5.32 Å². The minimum Gasteiger partial charge on any atom is -0.333 e. The fraction of sp³-hybridized carbons (Fsp3) is 0.111. The molecule has 2 rings (SSSR count). The maximum absolute atomic E-state index is 13.1. The molecule has 24 heavy (non-hydrogen) atoms. The highest BCUT2D eigenvalue weighted by Gasteiger charge is 2.11. The van der Waals surface area contributed by atoms with E-state index in [1.165, 1.54) is 48.0 Å². The van der Waals surface area contributed by atoms with Crippen LogP contribution in [0.4, 0.5) is 10.1 Å². The molecule has 4 nitrogen and oxygen atoms in total. The molecule has 0 aliphatic heterocycles. The summed E-state index contributed by atoms with van der Waals surface area (Å²) < 4.78 is 13.1. The molecule has 0 aromatic heterocycles. The van der Waals surface area contributed by atoms with Crippen LogP contribution in [0.15, 0.2) is 71.0 Å². The van der Waals surface area contributed by atoms with E-state index < -0.39 is 5.82 Å². The lowest BCUT2D eigenvalue weighted by atomic mass is 10.3. The number of rotatable bonds is 6. The molecular formula is C18H17FN2O2S. The fourth-order valence-corrected chi connectivity index (χ4v) is 2.51. The van der Waals surface area contributed by atoms with Gasteiger partial charge in [-0.2, -0.15) is 0 Å². The lowest BCUT2D eigenvalue weighted by Gasteiger charge is -2.14. The molecule has 0 bridgehead atoms. The SMILES string of the molecule is CN(CC(=O)Nc1cccc(F)c1)C(=O)/C=C/Sc1ccccc1. The average Bonchev–Trinajstić information content (AvgIpc) is 2.55. The van der Waals surface area contributed by atoms with Gasteiger partial charge in [-0.25, -0.2) is 4.39 Å². The second-order valence-corrected chi connectivity index (χ2v) is 5.97. The normalized spacial score (nSPS) is 10.6. The lowest BCUT2D eigenvalue weighted by molar-refractivity contribution is -0.129. The van der Waals surface area contributed by atoms with E-state index in [1.807, 2.05) is 30.3 Å². The van der Waals surface area contributed by atoms with Crippen molar-refractivity contribution in [3.8, 4) is 0 Å². The number of amides is 2. The summed E-state index contributed by atoms with van der Waals surface area (Å²) in [6.45, 7) is -0.115. The van der Waals surface area contributed by atoms with E-state index in [1.54, 1.807) is 11.5 Å². The molecule has 2 aromatic carbocycles. The van der Waals surface area contributed by atoms with Gasteiger partial charge in [0.05, 0.1) is 6.54 Å². The van der Waals surface area contributed by atoms with Gasteiger partial charge in [-0.15, -0.1) is 0 Å². The smallest absolute Gasteiger partial charge is 0.247 e. The van der Waals surface area contributed by atoms with E-state index in [9.17, 15) is 14.0 Å². The molecule has 2 aromatic rings. The Balaban J connectivity index is 1.81. The predicted molar refractivity (Wildman–Crippen MR) is 94.1 cm³/mol. The van der Waals surface area contributed by atoms with Crippen LogP contribution in [0.3, 0.4) is 0 Å². The second-order valence-electron chi connectivity index (χ2n) is 4.99. The number of likely N-dealkylation sites (N-methyl/N-ethyl adjacent to an activating group) is 1. The van der Waals surface area contributed by atoms with Gasteiger partial charge >= 0.3 is 0 Å². The highest BCUT2D eigenvalue weighted by molar-refractivity contribution is 8.02. The molecule has 2 amide bonds. The minimum atomic E-state index is -0.432. The first kappa shape index (κ1) is 17.7. The maximum atomic E-state index is 13.1. The standard InChI is InChI=1S/C18H17FN2O2S/c1-21(13-17(22)20-15-7-5-6-14(19)12-15)18(23)10-11-24-16-8-3-2-4-9-16/h2-12H,13H2,1H3,(H,20,22)/b11-10+. The summed E-state index contributed by atoms with van der Waals surface area (Å²) in [5.41, 5.74) is 0.357. The van der Waals surface area contributed by atoms with E-state index in [0.717, 1.165) is 4.90 Å². The van der Waals surface area contributed by atoms with Crippen molar-refractivity contribution in [3.63, 3.8) is 0 Å². The summed E-state index contributed by atoms with van der Waals surface area (Å²) in [5, 5.41) is 4.23. The van der Waals surface area contributed by atoms with Crippen LogP contribution in [-0.2, 0) is 9.59 Å². The zero-order valence-corrected chi connectivity index (χ0v) is 13.9. The second kappa shape index (κ2) is 8.88. The van der Waals surface area contributed by atoms with Gasteiger partial charge in [0.15, 0.2) is 0 Å². The molecule has 0 heterocycles. The van der Waals surface area contributed by atoms with Crippen LogP contribution in [0.25, 0.3) is 0 Å². The Hall–Kier alpha value is -2.60. The molecule has 0 saturated carbocycles. The Bertz CT molecular complexity index is 735. The molecule has 0 spiro atoms. The molecule has 1 N–H and O–H groups in total. The van der Waals surface area contributed by atoms with E-state index in [4.69, 9.17) is 0 Å². The van der Waals surface area contributed by atoms with Crippen molar-refractivity contribution in [1.82, 2.24) is 4.90 Å². The number of halogens is 1. The van der Waals surface area contributed by atoms with Crippen molar-refractivity contribution in [2.24, 2.45) is 0 Å². The molecular weight excluding hydrogens is 327 g/mol. The van der Waals surface area contributed by atoms with Crippen LogP contribution in [0.5, 0.6) is 0 Å². The molecule has 6 heteroatoms. The molecule has 0 atom stereocenters. The topological polar surface area (TPSA) is 49.4 Å². The highest BCUT2D eigenvalue weighted by atomic mass is 32.2. The van der Waals surface area contributed by atoms with Crippen LogP contribution in [-0.4, -0.2) is 30.3 Å². The quantitative estimate of drug-likeness (QED) is 0.644. The van der Waals surface area contributed by atoms with E-state index in [-0.39, 0.29) is 18.4 Å². The van der Waals surface area contributed by atoms with Gasteiger partial charge in [-0.1, -0.05) is 36.0 Å². The molecule has 124 valence electrons. The Morgan fingerprint density at radius 3 is 2.62 bits per heavy atom. The molecule has 0 aliphatic rings. The van der Waals surface area contributed by atoms with Crippen LogP contribution >= 0.6 is 11.8 Å². The summed E-state index contributed by atoms with van der Waals surface area (Å²) in [4.78, 5) is 26.1. The van der Waals surface area contributed by atoms with Crippen molar-refractivity contribution in [2.75, 3.05) is 18.9 Å². The van der Waals surface area contributed by atoms with Crippen molar-refractivity contribution >= 4 is 29.3 Å². The summed E-state index contributed by atoms with van der Waals surface area (Å²) in [6.07, 6.45) is 1.41. The van der Waals surface area contributed by atoms with Crippen molar-refractivity contribution < 1.29 is 14.0 Å². The van der Waals surface area contributed by atoms with E-state index >= 15 is 0 Å². The third-order valence-electron chi connectivity index (χ3n) is 3.02. The number of thioether (sulfide) groups is 1. The Kier molecular flexibility index (Phi) is 6.57. The minimum absolute atomic E-state index is 0.115. The average molecular weight is 344 g/mol. The number of benzene rings is 2. The molecule has 0 radical (unpaired) electrons. The number of anilines is 1. The molecule has 0 aliphatic carbocycles. The molecule has 0 saturated heterocycles. The van der Waals surface area contributed by atoms with Crippen molar-refractivity contribution in [2.45, 2.75) is 4.90 Å². The number of hydrogen-bond donors (Lipinski definition) is 1. The van der Waals surface area contributed by atoms with Crippen molar-refractivity contribution in [1.29, 1.82) is 0 Å². The largest absolute Gasteiger partial charge is 0.333 e. The van der Waals surface area contributed by atoms with Crippen LogP contribution in [0, 0.1) is 5.82 Å². The number of nitrogens with zero attached hydrogens (tertiary/aromatic N) is 1. The highest BCUT2D eigenvalue weighted by Crippen LogP contribution is 2.17. The molecule has 0 fully saturated rings. The Labute approximate surface area is 144 Å². The third kappa shape index (κ3) is 5.89. The van der Waals surface area contributed by atoms with Gasteiger partial charge in [0.1, 0.15) is 5.82 Å². The monoisotopic (exact) mass is 344 g/mol. The zero-order valence-electron chi connectivity index (χ0n) is 13.1. The zero-order chi connectivity index (χ0) is 17.4. The van der Waals surface area contributed by atoms with Gasteiger partial charge in [-0.3, -0.25) is 9.59 Å². The number of nitrogens with one attached hydrogen (secondary N) is 1. The third-order valence-corrected chi connectivity index (χ3v) is 3.84. The maximum Gasteiger partial charge on any atom is 0.247 e. The summed E-state index contributed by atoms with van der Waals surface area (Å²) in [5.74, 6) is -1.11. The first-order chi connectivity index (χ1) is 11.5. The first-order valence-electron chi connectivity index (χ1n) is 7.23. The van der Waals surface area contributed by atoms with Gasteiger partial charge < -0.3 is 10.2 Å². The van der Waals surface area contributed by atoms with Gasteiger partial charge in [0.2, 0.25) is 11.8 Å². The first-order valence-corrected chi connectivity index (χ1v) is 8.11. The summed E-state index contributed by atoms with van der Waals surface area (Å²) in [7, 11) is 1.53. The number of carbonyl (C=O) groups is 2. The Morgan fingerprint density at radius 1 is 1.17 bits per heavy atom. The van der Waals surface area contributed by atoms with Crippen LogP contribution < -0.4 is 5.32 Å². The summed E-state index contributed by atoms with van der Waals surface area (Å²) >= 11 is 1.42. The van der Waals surface area contributed by atoms with Gasteiger partial charge in [0, 0.05) is 23.7 Å². The van der Waals surface area contributed by atoms with Crippen molar-refractivity contribution in [3.05, 3.63) is 71.9 Å². The van der Waals surface area contributed by atoms with Gasteiger partial charge in [0.25, 0.3) is 0 Å². The number of carbonyl (C=O) groups excluding carboxylic acids is 2. The molecule has 0 unspecified atom stereocenters. The Morgan fingerprint density at radius 2 is 1.92 bits per heavy atom. The van der Waals surface area contributed by atoms with Crippen LogP contribution in [0.2, 0.25) is 0 Å². The van der Waals surface area contributed by atoms with Crippen LogP contribution in [0.1, 0.15) is 0 Å².